The first-order valence-corrected chi connectivity index (χ1v) is 11.2. The summed E-state index contributed by atoms with van der Waals surface area (Å²) in [6.45, 7) is 2.09. The monoisotopic (exact) mass is 486 g/mol. The van der Waals surface area contributed by atoms with Gasteiger partial charge in [-0.05, 0) is 36.2 Å². The minimum atomic E-state index is -3.15. The number of fused-ring (bicyclic) bond motifs is 3. The van der Waals surface area contributed by atoms with E-state index < -0.39 is 42.1 Å². The molecular weight excluding hydrogens is 462 g/mol. The molecule has 1 aliphatic carbocycles. The van der Waals surface area contributed by atoms with Gasteiger partial charge in [0.05, 0.1) is 33.4 Å². The molecular formula is C25H24F2N2O6. The molecule has 0 radical (unpaired) electrons. The van der Waals surface area contributed by atoms with Crippen LogP contribution in [0, 0.1) is 6.92 Å². The Kier molecular flexibility index (Phi) is 5.60. The van der Waals surface area contributed by atoms with Gasteiger partial charge < -0.3 is 24.4 Å². The van der Waals surface area contributed by atoms with Gasteiger partial charge >= 0.3 is 5.97 Å². The van der Waals surface area contributed by atoms with Crippen molar-refractivity contribution in [3.8, 4) is 11.1 Å². The average Bonchev–Trinajstić information content (AvgIpc) is 3.53. The number of esters is 1. The first-order chi connectivity index (χ1) is 16.6. The largest absolute Gasteiger partial charge is 0.467 e. The Morgan fingerprint density at radius 2 is 1.83 bits per heavy atom. The zero-order valence-electron chi connectivity index (χ0n) is 19.2. The van der Waals surface area contributed by atoms with Gasteiger partial charge in [-0.2, -0.15) is 8.78 Å². The summed E-state index contributed by atoms with van der Waals surface area (Å²) in [6.07, 6.45) is 0.136. The van der Waals surface area contributed by atoms with Crippen molar-refractivity contribution in [3.05, 3.63) is 58.7 Å². The van der Waals surface area contributed by atoms with Crippen LogP contribution in [0.2, 0.25) is 0 Å². The van der Waals surface area contributed by atoms with Gasteiger partial charge in [0.1, 0.15) is 6.04 Å². The second-order valence-corrected chi connectivity index (χ2v) is 8.94. The Hall–Kier alpha value is -3.37. The van der Waals surface area contributed by atoms with Gasteiger partial charge in [0, 0.05) is 23.1 Å². The lowest BCUT2D eigenvalue weighted by molar-refractivity contribution is -0.152. The molecule has 1 N–H and O–H groups in total. The molecule has 0 aromatic heterocycles. The zero-order valence-corrected chi connectivity index (χ0v) is 19.2. The molecule has 2 aromatic carbocycles. The van der Waals surface area contributed by atoms with Crippen LogP contribution in [0.4, 0.5) is 8.78 Å². The number of alkyl halides is 2. The van der Waals surface area contributed by atoms with E-state index in [2.05, 4.69) is 5.32 Å². The first kappa shape index (κ1) is 23.4. The Balaban J connectivity index is 1.31. The van der Waals surface area contributed by atoms with Crippen molar-refractivity contribution in [3.63, 3.8) is 0 Å². The number of aryl methyl sites for hydroxylation is 1. The molecule has 0 saturated carbocycles. The zero-order chi connectivity index (χ0) is 25.0. The lowest BCUT2D eigenvalue weighted by Gasteiger charge is -2.23. The second-order valence-electron chi connectivity index (χ2n) is 8.94. The third-order valence-electron chi connectivity index (χ3n) is 6.72. The number of benzene rings is 2. The van der Waals surface area contributed by atoms with Gasteiger partial charge in [0.25, 0.3) is 11.8 Å². The number of likely N-dealkylation sites (tertiary alicyclic amines) is 1. The number of nitrogens with zero attached hydrogens (tertiary/aromatic N) is 1. The Bertz CT molecular complexity index is 1220. The number of rotatable bonds is 4. The van der Waals surface area contributed by atoms with Crippen molar-refractivity contribution in [2.75, 3.05) is 33.4 Å². The van der Waals surface area contributed by atoms with Crippen LogP contribution in [-0.2, 0) is 29.7 Å². The van der Waals surface area contributed by atoms with Gasteiger partial charge in [-0.25, -0.2) is 4.79 Å². The van der Waals surface area contributed by atoms with E-state index in [4.69, 9.17) is 14.2 Å². The van der Waals surface area contributed by atoms with Gasteiger partial charge in [-0.15, -0.1) is 0 Å². The Morgan fingerprint density at radius 3 is 2.54 bits per heavy atom. The fraction of sp³-hybridized carbons (Fsp3) is 0.400. The van der Waals surface area contributed by atoms with Crippen LogP contribution in [0.3, 0.4) is 0 Å². The number of halogens is 2. The molecule has 10 heteroatoms. The molecule has 8 nitrogen and oxygen atoms in total. The van der Waals surface area contributed by atoms with Crippen LogP contribution < -0.4 is 5.32 Å². The van der Waals surface area contributed by atoms with Crippen molar-refractivity contribution in [1.29, 1.82) is 0 Å². The van der Waals surface area contributed by atoms with Gasteiger partial charge in [0.15, 0.2) is 5.79 Å². The van der Waals surface area contributed by atoms with Crippen LogP contribution in [-0.4, -0.2) is 67.9 Å². The molecule has 2 aromatic rings. The maximum Gasteiger partial charge on any atom is 0.328 e. The first-order valence-electron chi connectivity index (χ1n) is 11.2. The van der Waals surface area contributed by atoms with E-state index in [9.17, 15) is 23.2 Å². The number of carbonyl (C=O) groups excluding carboxylic acids is 3. The van der Waals surface area contributed by atoms with Crippen LogP contribution in [0.15, 0.2) is 36.4 Å². The summed E-state index contributed by atoms with van der Waals surface area (Å²) >= 11 is 0. The van der Waals surface area contributed by atoms with Crippen LogP contribution in [0.5, 0.6) is 0 Å². The van der Waals surface area contributed by atoms with E-state index >= 15 is 0 Å². The number of amides is 2. The predicted molar refractivity (Wildman–Crippen MR) is 119 cm³/mol. The second kappa shape index (κ2) is 8.39. The van der Waals surface area contributed by atoms with Crippen molar-refractivity contribution in [2.45, 2.75) is 31.1 Å². The normalized spacial score (nSPS) is 21.0. The number of carbonyl (C=O) groups is 3. The highest BCUT2D eigenvalue weighted by molar-refractivity contribution is 5.99. The maximum atomic E-state index is 14.9. The number of hydrogen-bond acceptors (Lipinski definition) is 6. The Labute approximate surface area is 200 Å². The fourth-order valence-electron chi connectivity index (χ4n) is 4.99. The summed E-state index contributed by atoms with van der Waals surface area (Å²) in [5.74, 6) is -5.93. The average molecular weight is 486 g/mol. The number of hydrogen-bond donors (Lipinski definition) is 1. The van der Waals surface area contributed by atoms with Crippen LogP contribution >= 0.6 is 0 Å². The standard InChI is InChI=1S/C25H24F2N2O6/c1-14-3-5-16-17-10-15(4-6-18(17)25(26,27)19(16)9-14)22(31)28-12-21(30)29-13-24(34-7-8-35-24)11-20(29)23(32)33-2/h3-6,9-10,20H,7-8,11-13H2,1-2H3,(H,28,31)/t20-/m0/s1. The topological polar surface area (TPSA) is 94.2 Å². The molecule has 1 spiro atoms. The molecule has 1 atom stereocenters. The molecule has 0 unspecified atom stereocenters. The minimum absolute atomic E-state index is 0.0333. The quantitative estimate of drug-likeness (QED) is 0.667. The molecule has 2 amide bonds. The molecule has 0 bridgehead atoms. The van der Waals surface area contributed by atoms with Crippen LogP contribution in [0.1, 0.15) is 33.5 Å². The summed E-state index contributed by atoms with van der Waals surface area (Å²) in [5, 5.41) is 2.53. The lowest BCUT2D eigenvalue weighted by Crippen LogP contribution is -2.46. The summed E-state index contributed by atoms with van der Waals surface area (Å²) in [6, 6.07) is 7.89. The van der Waals surface area contributed by atoms with Gasteiger partial charge in [-0.1, -0.05) is 23.8 Å². The van der Waals surface area contributed by atoms with E-state index in [0.29, 0.717) is 18.8 Å². The number of methoxy groups -OCH3 is 1. The van der Waals surface area contributed by atoms with Crippen molar-refractivity contribution < 1.29 is 37.4 Å². The fourth-order valence-corrected chi connectivity index (χ4v) is 4.99. The van der Waals surface area contributed by atoms with Crippen molar-refractivity contribution in [1.82, 2.24) is 10.2 Å². The highest BCUT2D eigenvalue weighted by Gasteiger charge is 2.53. The smallest absolute Gasteiger partial charge is 0.328 e. The van der Waals surface area contributed by atoms with E-state index in [0.717, 1.165) is 5.56 Å². The molecule has 5 rings (SSSR count). The van der Waals surface area contributed by atoms with Crippen molar-refractivity contribution in [2.24, 2.45) is 0 Å². The van der Waals surface area contributed by atoms with Crippen molar-refractivity contribution >= 4 is 17.8 Å². The summed E-state index contributed by atoms with van der Waals surface area (Å²) in [7, 11) is 1.23. The van der Waals surface area contributed by atoms with E-state index in [1.807, 2.05) is 0 Å². The molecule has 184 valence electrons. The predicted octanol–water partition coefficient (Wildman–Crippen LogP) is 2.36. The number of ether oxygens (including phenoxy) is 3. The number of nitrogens with one attached hydrogen (secondary N) is 1. The molecule has 2 aliphatic heterocycles. The summed E-state index contributed by atoms with van der Waals surface area (Å²) in [4.78, 5) is 39.2. The molecule has 35 heavy (non-hydrogen) atoms. The van der Waals surface area contributed by atoms with E-state index in [1.165, 1.54) is 36.3 Å². The van der Waals surface area contributed by atoms with Gasteiger partial charge in [0.2, 0.25) is 5.91 Å². The molecule has 2 heterocycles. The van der Waals surface area contributed by atoms with E-state index in [1.54, 1.807) is 19.1 Å². The van der Waals surface area contributed by atoms with E-state index in [-0.39, 0.29) is 35.2 Å². The van der Waals surface area contributed by atoms with Gasteiger partial charge in [-0.3, -0.25) is 9.59 Å². The third kappa shape index (κ3) is 3.86. The van der Waals surface area contributed by atoms with Crippen LogP contribution in [0.25, 0.3) is 11.1 Å². The summed E-state index contributed by atoms with van der Waals surface area (Å²) in [5.41, 5.74) is 1.27. The SMILES string of the molecule is COC(=O)[C@@H]1CC2(CN1C(=O)CNC(=O)c1ccc3c(c1)-c1ccc(C)cc1C3(F)F)OCCO2. The molecule has 3 aliphatic rings. The highest BCUT2D eigenvalue weighted by atomic mass is 19.3. The summed E-state index contributed by atoms with van der Waals surface area (Å²) < 4.78 is 45.9. The molecule has 2 fully saturated rings. The third-order valence-corrected chi connectivity index (χ3v) is 6.72. The minimum Gasteiger partial charge on any atom is -0.467 e. The Morgan fingerprint density at radius 1 is 1.09 bits per heavy atom. The highest BCUT2D eigenvalue weighted by Crippen LogP contribution is 2.51. The molecule has 2 saturated heterocycles. The maximum absolute atomic E-state index is 14.9. The lowest BCUT2D eigenvalue weighted by atomic mass is 10.0.